The number of hydrogen-bond donors (Lipinski definition) is 4. The summed E-state index contributed by atoms with van der Waals surface area (Å²) in [5.41, 5.74) is 4.84. The molecule has 0 amide bonds. The molecule has 1 aliphatic carbocycles. The highest BCUT2D eigenvalue weighted by Gasteiger charge is 2.25. The molecule has 1 aliphatic heterocycles. The Balaban J connectivity index is 1.36. The molecule has 1 saturated carbocycles. The standard InChI is InChI=1S/C22H30N7OS/c1-15-13-17(29-9-11-31(30)12-10-29)7-8-18(15)26-22-27-20-19(23-14-24-20)21(28-22)25-16-5-3-2-4-6-16/h7-8,13-14,16,30H,2-6,9-12H2,1H3,(H3,23,24,25,26,27,28)/q+1. The van der Waals surface area contributed by atoms with Gasteiger partial charge in [-0.2, -0.15) is 14.5 Å². The van der Waals surface area contributed by atoms with Crippen LogP contribution in [0.15, 0.2) is 24.5 Å². The maximum absolute atomic E-state index is 9.79. The predicted octanol–water partition coefficient (Wildman–Crippen LogP) is 4.06. The van der Waals surface area contributed by atoms with Gasteiger partial charge in [-0.05, 0) is 43.5 Å². The SMILES string of the molecule is Cc1cc(N2CC[S+](O)CC2)ccc1Nc1nc(NC2CCCCC2)c2[nH]cnc2n1. The van der Waals surface area contributed by atoms with Crippen LogP contribution in [0.5, 0.6) is 0 Å². The third kappa shape index (κ3) is 4.57. The van der Waals surface area contributed by atoms with E-state index in [-0.39, 0.29) is 0 Å². The molecule has 5 rings (SSSR count). The van der Waals surface area contributed by atoms with Crippen LogP contribution in [-0.4, -0.2) is 55.1 Å². The Morgan fingerprint density at radius 1 is 1.13 bits per heavy atom. The minimum Gasteiger partial charge on any atom is -0.365 e. The second kappa shape index (κ2) is 8.92. The van der Waals surface area contributed by atoms with Gasteiger partial charge in [0.15, 0.2) is 23.0 Å². The predicted molar refractivity (Wildman–Crippen MR) is 129 cm³/mol. The molecule has 2 aromatic heterocycles. The van der Waals surface area contributed by atoms with Crippen LogP contribution < -0.4 is 15.5 Å². The topological polar surface area (TPSA) is 102 Å². The number of aromatic nitrogens is 4. The normalized spacial score (nSPS) is 18.5. The highest BCUT2D eigenvalue weighted by molar-refractivity contribution is 7.91. The summed E-state index contributed by atoms with van der Waals surface area (Å²) in [6.07, 6.45) is 7.88. The van der Waals surface area contributed by atoms with Gasteiger partial charge in [-0.1, -0.05) is 19.3 Å². The second-order valence-electron chi connectivity index (χ2n) is 8.46. The molecule has 0 bridgehead atoms. The van der Waals surface area contributed by atoms with E-state index < -0.39 is 11.2 Å². The summed E-state index contributed by atoms with van der Waals surface area (Å²) in [7, 11) is 0. The Labute approximate surface area is 185 Å². The van der Waals surface area contributed by atoms with Crippen LogP contribution in [0.1, 0.15) is 37.7 Å². The fourth-order valence-corrected chi connectivity index (χ4v) is 5.51. The van der Waals surface area contributed by atoms with Crippen LogP contribution in [-0.2, 0) is 11.2 Å². The first kappa shape index (κ1) is 20.4. The molecule has 2 fully saturated rings. The average molecular weight is 441 g/mol. The second-order valence-corrected chi connectivity index (χ2v) is 10.2. The highest BCUT2D eigenvalue weighted by atomic mass is 32.2. The third-order valence-corrected chi connectivity index (χ3v) is 7.55. The lowest BCUT2D eigenvalue weighted by atomic mass is 9.95. The quantitative estimate of drug-likeness (QED) is 0.444. The zero-order chi connectivity index (χ0) is 21.2. The number of fused-ring (bicyclic) bond motifs is 1. The molecule has 1 aromatic carbocycles. The largest absolute Gasteiger partial charge is 0.365 e. The number of rotatable bonds is 5. The molecular formula is C22H30N7OS+. The summed E-state index contributed by atoms with van der Waals surface area (Å²) in [5.74, 6) is 3.08. The molecule has 0 unspecified atom stereocenters. The van der Waals surface area contributed by atoms with Crippen molar-refractivity contribution in [1.82, 2.24) is 19.9 Å². The number of H-pyrrole nitrogens is 1. The van der Waals surface area contributed by atoms with Crippen LogP contribution in [0.4, 0.5) is 23.1 Å². The van der Waals surface area contributed by atoms with Crippen molar-refractivity contribution in [2.75, 3.05) is 40.1 Å². The molecule has 9 heteroatoms. The van der Waals surface area contributed by atoms with Crippen LogP contribution in [0.3, 0.4) is 0 Å². The molecule has 0 spiro atoms. The van der Waals surface area contributed by atoms with Gasteiger partial charge in [-0.15, -0.1) is 0 Å². The fourth-order valence-electron chi connectivity index (χ4n) is 4.44. The zero-order valence-electron chi connectivity index (χ0n) is 17.9. The molecule has 0 atom stereocenters. The van der Waals surface area contributed by atoms with Crippen molar-refractivity contribution < 1.29 is 4.55 Å². The maximum Gasteiger partial charge on any atom is 0.231 e. The molecule has 2 aliphatic rings. The summed E-state index contributed by atoms with van der Waals surface area (Å²) in [4.78, 5) is 19.3. The van der Waals surface area contributed by atoms with Crippen molar-refractivity contribution in [3.05, 3.63) is 30.1 Å². The van der Waals surface area contributed by atoms with E-state index in [1.165, 1.54) is 37.8 Å². The van der Waals surface area contributed by atoms with E-state index in [1.54, 1.807) is 6.33 Å². The van der Waals surface area contributed by atoms with Gasteiger partial charge in [-0.25, -0.2) is 4.98 Å². The van der Waals surface area contributed by atoms with E-state index in [2.05, 4.69) is 55.6 Å². The Morgan fingerprint density at radius 3 is 2.71 bits per heavy atom. The van der Waals surface area contributed by atoms with Gasteiger partial charge in [0, 0.05) is 17.4 Å². The molecule has 3 aromatic rings. The Bertz CT molecular complexity index is 1040. The number of hydrogen-bond acceptors (Lipinski definition) is 7. The van der Waals surface area contributed by atoms with Gasteiger partial charge in [0.25, 0.3) is 0 Å². The molecule has 3 heterocycles. The van der Waals surface area contributed by atoms with Gasteiger partial charge in [0.2, 0.25) is 5.95 Å². The number of nitrogens with zero attached hydrogens (tertiary/aromatic N) is 4. The lowest BCUT2D eigenvalue weighted by molar-refractivity contribution is 0.462. The smallest absolute Gasteiger partial charge is 0.231 e. The van der Waals surface area contributed by atoms with E-state index >= 15 is 0 Å². The molecule has 8 nitrogen and oxygen atoms in total. The number of aromatic amines is 1. The van der Waals surface area contributed by atoms with Gasteiger partial charge in [-0.3, -0.25) is 0 Å². The minimum atomic E-state index is -0.420. The van der Waals surface area contributed by atoms with Gasteiger partial charge >= 0.3 is 0 Å². The highest BCUT2D eigenvalue weighted by Crippen LogP contribution is 2.28. The van der Waals surface area contributed by atoms with E-state index in [0.29, 0.717) is 17.6 Å². The lowest BCUT2D eigenvalue weighted by Gasteiger charge is -2.27. The Morgan fingerprint density at radius 2 is 1.94 bits per heavy atom. The molecular weight excluding hydrogens is 410 g/mol. The minimum absolute atomic E-state index is 0.420. The maximum atomic E-state index is 9.79. The first-order valence-electron chi connectivity index (χ1n) is 11.1. The first-order valence-corrected chi connectivity index (χ1v) is 12.6. The molecule has 31 heavy (non-hydrogen) atoms. The summed E-state index contributed by atoms with van der Waals surface area (Å²) >= 11 is -0.420. The van der Waals surface area contributed by atoms with E-state index in [4.69, 9.17) is 4.98 Å². The van der Waals surface area contributed by atoms with E-state index in [9.17, 15) is 4.55 Å². The average Bonchev–Trinajstić information content (AvgIpc) is 3.25. The lowest BCUT2D eigenvalue weighted by Crippen LogP contribution is -2.40. The number of imidazole rings is 1. The number of nitrogens with one attached hydrogen (secondary N) is 3. The van der Waals surface area contributed by atoms with Gasteiger partial charge in [0.05, 0.1) is 19.4 Å². The molecule has 0 radical (unpaired) electrons. The third-order valence-electron chi connectivity index (χ3n) is 6.25. The van der Waals surface area contributed by atoms with Crippen LogP contribution in [0, 0.1) is 6.92 Å². The molecule has 1 saturated heterocycles. The summed E-state index contributed by atoms with van der Waals surface area (Å²) < 4.78 is 9.79. The van der Waals surface area contributed by atoms with Crippen molar-refractivity contribution in [3.63, 3.8) is 0 Å². The first-order chi connectivity index (χ1) is 15.2. The summed E-state index contributed by atoms with van der Waals surface area (Å²) in [6, 6.07) is 6.86. The number of anilines is 4. The van der Waals surface area contributed by atoms with Crippen LogP contribution in [0.25, 0.3) is 11.2 Å². The van der Waals surface area contributed by atoms with Crippen molar-refractivity contribution in [3.8, 4) is 0 Å². The fraction of sp³-hybridized carbons (Fsp3) is 0.500. The monoisotopic (exact) mass is 440 g/mol. The summed E-state index contributed by atoms with van der Waals surface area (Å²) in [5, 5.41) is 7.01. The Kier molecular flexibility index (Phi) is 5.87. The van der Waals surface area contributed by atoms with E-state index in [0.717, 1.165) is 47.2 Å². The molecule has 164 valence electrons. The van der Waals surface area contributed by atoms with Gasteiger partial charge in [0.1, 0.15) is 16.7 Å². The van der Waals surface area contributed by atoms with E-state index in [1.807, 2.05) is 0 Å². The Hall–Kier alpha value is -2.52. The summed E-state index contributed by atoms with van der Waals surface area (Å²) in [6.45, 7) is 3.91. The van der Waals surface area contributed by atoms with Crippen LogP contribution >= 0.6 is 0 Å². The molecule has 4 N–H and O–H groups in total. The zero-order valence-corrected chi connectivity index (χ0v) is 18.7. The van der Waals surface area contributed by atoms with Crippen molar-refractivity contribution in [2.24, 2.45) is 0 Å². The van der Waals surface area contributed by atoms with Gasteiger partial charge < -0.3 is 20.5 Å². The number of benzene rings is 1. The van der Waals surface area contributed by atoms with Crippen molar-refractivity contribution >= 4 is 45.5 Å². The van der Waals surface area contributed by atoms with Crippen LogP contribution in [0.2, 0.25) is 0 Å². The van der Waals surface area contributed by atoms with Crippen molar-refractivity contribution in [1.29, 1.82) is 0 Å². The van der Waals surface area contributed by atoms with Crippen molar-refractivity contribution in [2.45, 2.75) is 45.1 Å². The number of aryl methyl sites for hydroxylation is 1.